The van der Waals surface area contributed by atoms with E-state index in [-0.39, 0.29) is 17.7 Å². The van der Waals surface area contributed by atoms with Crippen molar-refractivity contribution in [1.29, 1.82) is 0 Å². The van der Waals surface area contributed by atoms with Crippen LogP contribution in [-0.2, 0) is 11.2 Å². The Bertz CT molecular complexity index is 1160. The Balaban J connectivity index is 1.19. The molecule has 2 heterocycles. The molecule has 1 aliphatic carbocycles. The van der Waals surface area contributed by atoms with Crippen molar-refractivity contribution in [2.45, 2.75) is 76.2 Å². The van der Waals surface area contributed by atoms with Crippen LogP contribution in [0.4, 0.5) is 4.39 Å². The number of rotatable bonds is 10. The number of carboxylic acid groups (broad SMARTS) is 1. The molecule has 5 heteroatoms. The van der Waals surface area contributed by atoms with Crippen LogP contribution in [0.5, 0.6) is 0 Å². The Hall–Kier alpha value is -2.68. The highest BCUT2D eigenvalue weighted by Gasteiger charge is 2.43. The zero-order valence-corrected chi connectivity index (χ0v) is 23.8. The fourth-order valence-electron chi connectivity index (χ4n) is 7.79. The third kappa shape index (κ3) is 7.14. The Labute approximate surface area is 240 Å². The molecule has 4 nitrogen and oxygen atoms in total. The van der Waals surface area contributed by atoms with Gasteiger partial charge in [0.05, 0.1) is 0 Å². The van der Waals surface area contributed by atoms with Crippen molar-refractivity contribution >= 4 is 5.97 Å². The number of halogens is 1. The second kappa shape index (κ2) is 13.8. The summed E-state index contributed by atoms with van der Waals surface area (Å²) < 4.78 is 14.2. The van der Waals surface area contributed by atoms with Crippen molar-refractivity contribution in [3.05, 3.63) is 71.0 Å². The molecule has 3 atom stereocenters. The predicted octanol–water partition coefficient (Wildman–Crippen LogP) is 6.59. The van der Waals surface area contributed by atoms with Crippen LogP contribution in [0.15, 0.2) is 48.5 Å². The van der Waals surface area contributed by atoms with Crippen molar-refractivity contribution in [2.24, 2.45) is 17.8 Å². The number of carbonyl (C=O) groups is 1. The normalized spacial score (nSPS) is 24.1. The molecule has 2 aliphatic heterocycles. The Kier molecular flexibility index (Phi) is 9.94. The summed E-state index contributed by atoms with van der Waals surface area (Å²) in [6.45, 7) is 4.61. The summed E-state index contributed by atoms with van der Waals surface area (Å²) in [6, 6.07) is 14.8. The lowest BCUT2D eigenvalue weighted by Gasteiger charge is -2.35. The summed E-state index contributed by atoms with van der Waals surface area (Å²) in [6.07, 6.45) is 17.0. The van der Waals surface area contributed by atoms with Crippen molar-refractivity contribution in [1.82, 2.24) is 9.80 Å². The number of likely N-dealkylation sites (tertiary alicyclic amines) is 2. The maximum absolute atomic E-state index is 14.2. The van der Waals surface area contributed by atoms with Gasteiger partial charge in [-0.05, 0) is 98.7 Å². The molecular formula is C35H45FN2O2. The molecule has 0 bridgehead atoms. The second-order valence-corrected chi connectivity index (χ2v) is 12.5. The second-order valence-electron chi connectivity index (χ2n) is 12.5. The first-order chi connectivity index (χ1) is 19.5. The van der Waals surface area contributed by atoms with Gasteiger partial charge in [-0.1, -0.05) is 61.9 Å². The van der Waals surface area contributed by atoms with Gasteiger partial charge in [-0.25, -0.2) is 4.39 Å². The molecule has 1 saturated carbocycles. The van der Waals surface area contributed by atoms with Crippen LogP contribution >= 0.6 is 0 Å². The number of hydrogen-bond acceptors (Lipinski definition) is 3. The Morgan fingerprint density at radius 3 is 2.52 bits per heavy atom. The summed E-state index contributed by atoms with van der Waals surface area (Å²) in [5.41, 5.74) is 3.32. The molecular weight excluding hydrogens is 499 g/mol. The lowest BCUT2D eigenvalue weighted by Crippen LogP contribution is -2.46. The number of nitrogens with zero attached hydrogens (tertiary/aromatic N) is 2. The van der Waals surface area contributed by atoms with Gasteiger partial charge < -0.3 is 10.0 Å². The molecule has 3 aliphatic rings. The molecule has 2 aromatic rings. The van der Waals surface area contributed by atoms with Crippen molar-refractivity contribution < 1.29 is 14.3 Å². The minimum atomic E-state index is -0.684. The van der Waals surface area contributed by atoms with Gasteiger partial charge in [-0.3, -0.25) is 9.69 Å². The number of aryl methyl sites for hydroxylation is 1. The highest BCUT2D eigenvalue weighted by atomic mass is 19.1. The maximum atomic E-state index is 14.2. The standard InChI is InChI=1S/C35H45FN2O2/c1-2-27-11-6-7-12-28(27)15-8-10-26-18-20-37(21-19-26)23-31-24-38(25-33(31)30-16-9-17-32(36)22-30)34(35(39)40)29-13-4-3-5-14-29/h1,6-7,9,11-12,16-17,22,26,29,31,33-34H,3-5,8,10,13-15,18-21,23-25H2,(H,39,40). The fourth-order valence-corrected chi connectivity index (χ4v) is 7.79. The summed E-state index contributed by atoms with van der Waals surface area (Å²) in [5.74, 6) is 3.36. The average molecular weight is 545 g/mol. The monoisotopic (exact) mass is 544 g/mol. The smallest absolute Gasteiger partial charge is 0.321 e. The topological polar surface area (TPSA) is 43.8 Å². The van der Waals surface area contributed by atoms with E-state index in [0.29, 0.717) is 12.5 Å². The Morgan fingerprint density at radius 1 is 1.02 bits per heavy atom. The van der Waals surface area contributed by atoms with Gasteiger partial charge in [0, 0.05) is 31.1 Å². The number of aliphatic carboxylic acids is 1. The van der Waals surface area contributed by atoms with Crippen molar-refractivity contribution in [2.75, 3.05) is 32.7 Å². The quantitative estimate of drug-likeness (QED) is 0.343. The van der Waals surface area contributed by atoms with E-state index >= 15 is 0 Å². The molecule has 0 radical (unpaired) electrons. The largest absolute Gasteiger partial charge is 0.480 e. The highest BCUT2D eigenvalue weighted by molar-refractivity contribution is 5.74. The number of benzene rings is 2. The van der Waals surface area contributed by atoms with Crippen LogP contribution in [0.2, 0.25) is 0 Å². The van der Waals surface area contributed by atoms with Gasteiger partial charge in [0.1, 0.15) is 11.9 Å². The van der Waals surface area contributed by atoms with E-state index in [1.54, 1.807) is 12.1 Å². The number of carboxylic acids is 1. The van der Waals surface area contributed by atoms with Crippen LogP contribution in [-0.4, -0.2) is 59.6 Å². The van der Waals surface area contributed by atoms with E-state index < -0.39 is 12.0 Å². The minimum absolute atomic E-state index is 0.162. The summed E-state index contributed by atoms with van der Waals surface area (Å²) in [5, 5.41) is 10.3. The summed E-state index contributed by atoms with van der Waals surface area (Å²) in [4.78, 5) is 17.3. The van der Waals surface area contributed by atoms with E-state index in [4.69, 9.17) is 6.42 Å². The molecule has 2 aromatic carbocycles. The molecule has 3 unspecified atom stereocenters. The molecule has 3 fully saturated rings. The third-order valence-corrected chi connectivity index (χ3v) is 9.92. The van der Waals surface area contributed by atoms with Crippen LogP contribution in [0.25, 0.3) is 0 Å². The van der Waals surface area contributed by atoms with Gasteiger partial charge in [-0.15, -0.1) is 6.42 Å². The van der Waals surface area contributed by atoms with Gasteiger partial charge in [0.15, 0.2) is 0 Å². The van der Waals surface area contributed by atoms with Crippen LogP contribution in [0.3, 0.4) is 0 Å². The van der Waals surface area contributed by atoms with Crippen molar-refractivity contribution in [3.8, 4) is 12.3 Å². The van der Waals surface area contributed by atoms with Gasteiger partial charge >= 0.3 is 5.97 Å². The van der Waals surface area contributed by atoms with Crippen LogP contribution in [0, 0.1) is 35.9 Å². The van der Waals surface area contributed by atoms with Gasteiger partial charge in [0.25, 0.3) is 0 Å². The molecule has 1 N–H and O–H groups in total. The van der Waals surface area contributed by atoms with E-state index in [1.165, 1.54) is 43.7 Å². The fraction of sp³-hybridized carbons (Fsp3) is 0.571. The number of piperidine rings is 1. The first kappa shape index (κ1) is 28.8. The molecule has 2 saturated heterocycles. The lowest BCUT2D eigenvalue weighted by atomic mass is 9.83. The molecule has 0 spiro atoms. The average Bonchev–Trinajstić information content (AvgIpc) is 3.37. The third-order valence-electron chi connectivity index (χ3n) is 9.92. The SMILES string of the molecule is C#Cc1ccccc1CCCC1CCN(CC2CN(C(C(=O)O)C3CCCCC3)CC2c2cccc(F)c2)CC1. The molecule has 214 valence electrons. The highest BCUT2D eigenvalue weighted by Crippen LogP contribution is 2.39. The predicted molar refractivity (Wildman–Crippen MR) is 159 cm³/mol. The molecule has 0 amide bonds. The van der Waals surface area contributed by atoms with Gasteiger partial charge in [-0.2, -0.15) is 0 Å². The molecule has 40 heavy (non-hydrogen) atoms. The lowest BCUT2D eigenvalue weighted by molar-refractivity contribution is -0.145. The first-order valence-corrected chi connectivity index (χ1v) is 15.5. The minimum Gasteiger partial charge on any atom is -0.480 e. The maximum Gasteiger partial charge on any atom is 0.321 e. The first-order valence-electron chi connectivity index (χ1n) is 15.5. The molecule has 0 aromatic heterocycles. The number of terminal acetylenes is 1. The Morgan fingerprint density at radius 2 is 1.80 bits per heavy atom. The van der Waals surface area contributed by atoms with Crippen LogP contribution in [0.1, 0.15) is 80.4 Å². The molecule has 5 rings (SSSR count). The summed E-state index contributed by atoms with van der Waals surface area (Å²) >= 11 is 0. The van der Waals surface area contributed by atoms with Crippen molar-refractivity contribution in [3.63, 3.8) is 0 Å². The van der Waals surface area contributed by atoms with Crippen LogP contribution < -0.4 is 0 Å². The van der Waals surface area contributed by atoms with E-state index in [0.717, 1.165) is 75.3 Å². The van der Waals surface area contributed by atoms with Gasteiger partial charge in [0.2, 0.25) is 0 Å². The van der Waals surface area contributed by atoms with E-state index in [9.17, 15) is 14.3 Å². The summed E-state index contributed by atoms with van der Waals surface area (Å²) in [7, 11) is 0. The van der Waals surface area contributed by atoms with E-state index in [1.807, 2.05) is 18.2 Å². The zero-order chi connectivity index (χ0) is 27.9. The van der Waals surface area contributed by atoms with E-state index in [2.05, 4.69) is 27.9 Å². The zero-order valence-electron chi connectivity index (χ0n) is 23.8. The number of hydrogen-bond donors (Lipinski definition) is 1.